The van der Waals surface area contributed by atoms with E-state index in [0.29, 0.717) is 28.2 Å². The second-order valence-electron chi connectivity index (χ2n) is 6.73. The second kappa shape index (κ2) is 6.81. The van der Waals surface area contributed by atoms with Crippen LogP contribution in [-0.2, 0) is 0 Å². The molecule has 0 bridgehead atoms. The van der Waals surface area contributed by atoms with Gasteiger partial charge in [-0.05, 0) is 25.0 Å². The summed E-state index contributed by atoms with van der Waals surface area (Å²) in [6.07, 6.45) is 6.08. The molecule has 1 fully saturated rings. The number of nitrogens with two attached hydrogens (primary N) is 1. The number of benzene rings is 1. The molecule has 2 aromatic heterocycles. The van der Waals surface area contributed by atoms with E-state index in [2.05, 4.69) is 25.1 Å². The zero-order valence-corrected chi connectivity index (χ0v) is 15.2. The number of fused-ring (bicyclic) bond motifs is 1. The Morgan fingerprint density at radius 3 is 2.92 bits per heavy atom. The van der Waals surface area contributed by atoms with Gasteiger partial charge in [0.15, 0.2) is 5.82 Å². The van der Waals surface area contributed by atoms with Crippen molar-refractivity contribution >= 4 is 28.6 Å². The Bertz CT molecular complexity index is 943. The molecule has 0 amide bonds. The van der Waals surface area contributed by atoms with Crippen molar-refractivity contribution in [2.45, 2.75) is 37.8 Å². The van der Waals surface area contributed by atoms with Crippen molar-refractivity contribution < 1.29 is 4.39 Å². The van der Waals surface area contributed by atoms with Gasteiger partial charge >= 0.3 is 0 Å². The summed E-state index contributed by atoms with van der Waals surface area (Å²) in [7, 11) is 1.98. The van der Waals surface area contributed by atoms with E-state index in [-0.39, 0.29) is 17.1 Å². The molecule has 136 valence electrons. The molecule has 0 radical (unpaired) electrons. The average molecular weight is 375 g/mol. The maximum atomic E-state index is 14.3. The van der Waals surface area contributed by atoms with Crippen LogP contribution >= 0.6 is 11.6 Å². The lowest BCUT2D eigenvalue weighted by Crippen LogP contribution is -2.48. The first-order chi connectivity index (χ1) is 12.6. The van der Waals surface area contributed by atoms with Gasteiger partial charge in [0.1, 0.15) is 11.3 Å². The average Bonchev–Trinajstić information content (AvgIpc) is 3.07. The zero-order valence-electron chi connectivity index (χ0n) is 14.4. The highest BCUT2D eigenvalue weighted by Gasteiger charge is 2.27. The van der Waals surface area contributed by atoms with Crippen molar-refractivity contribution in [3.05, 3.63) is 35.2 Å². The predicted octanol–water partition coefficient (Wildman–Crippen LogP) is 3.52. The second-order valence-corrected chi connectivity index (χ2v) is 7.13. The molecule has 1 saturated carbocycles. The number of rotatable bonds is 3. The number of nitrogens with one attached hydrogen (secondary N) is 1. The summed E-state index contributed by atoms with van der Waals surface area (Å²) in [6.45, 7) is 0. The molecule has 6 nitrogen and oxygen atoms in total. The summed E-state index contributed by atoms with van der Waals surface area (Å²) in [5, 5.41) is 7.10. The van der Waals surface area contributed by atoms with Crippen LogP contribution in [0.25, 0.3) is 22.4 Å². The van der Waals surface area contributed by atoms with E-state index >= 15 is 0 Å². The van der Waals surface area contributed by atoms with Gasteiger partial charge in [-0.1, -0.05) is 30.5 Å². The van der Waals surface area contributed by atoms with Gasteiger partial charge in [0.05, 0.1) is 16.9 Å². The van der Waals surface area contributed by atoms with Gasteiger partial charge in [0, 0.05) is 24.7 Å². The number of anilines is 1. The van der Waals surface area contributed by atoms with E-state index < -0.39 is 5.82 Å². The lowest BCUT2D eigenvalue weighted by molar-refractivity contribution is 0.372. The van der Waals surface area contributed by atoms with Crippen molar-refractivity contribution in [1.82, 2.24) is 20.2 Å². The molecule has 8 heteroatoms. The lowest BCUT2D eigenvalue weighted by atomic mass is 9.90. The van der Waals surface area contributed by atoms with E-state index in [1.807, 2.05) is 7.05 Å². The van der Waals surface area contributed by atoms with Crippen LogP contribution in [0.1, 0.15) is 25.7 Å². The third-order valence-corrected chi connectivity index (χ3v) is 5.41. The fraction of sp³-hybridized carbons (Fsp3) is 0.389. The van der Waals surface area contributed by atoms with Crippen molar-refractivity contribution in [2.24, 2.45) is 5.73 Å². The summed E-state index contributed by atoms with van der Waals surface area (Å²) in [5.41, 5.74) is 8.02. The molecule has 1 aromatic carbocycles. The number of hydrogen-bond donors (Lipinski definition) is 2. The van der Waals surface area contributed by atoms with Gasteiger partial charge in [0.2, 0.25) is 5.65 Å². The first-order valence-electron chi connectivity index (χ1n) is 8.70. The van der Waals surface area contributed by atoms with Crippen molar-refractivity contribution in [1.29, 1.82) is 0 Å². The molecule has 1 aliphatic carbocycles. The highest BCUT2D eigenvalue weighted by atomic mass is 35.5. The smallest absolute Gasteiger partial charge is 0.202 e. The standard InChI is InChI=1S/C18H20ClFN6/c1-26(13-8-3-2-7-12(13)21)14-9-22-17-16(24-25-18(17)23-14)10-5-4-6-11(19)15(10)20/h4-6,9,12-13H,2-3,7-8,21H2,1H3,(H,23,24,25)/t12-,13+/m1/s1. The van der Waals surface area contributed by atoms with Crippen LogP contribution in [0.4, 0.5) is 10.2 Å². The van der Waals surface area contributed by atoms with Crippen LogP contribution in [-0.4, -0.2) is 39.3 Å². The van der Waals surface area contributed by atoms with Crippen molar-refractivity contribution in [2.75, 3.05) is 11.9 Å². The number of nitrogens with zero attached hydrogens (tertiary/aromatic N) is 4. The van der Waals surface area contributed by atoms with Crippen LogP contribution in [0, 0.1) is 5.82 Å². The number of likely N-dealkylation sites (N-methyl/N-ethyl adjacent to an activating group) is 1. The molecule has 3 aromatic rings. The van der Waals surface area contributed by atoms with E-state index in [1.165, 1.54) is 18.9 Å². The fourth-order valence-corrected chi connectivity index (χ4v) is 3.81. The molecule has 3 N–H and O–H groups in total. The molecule has 1 aliphatic rings. The van der Waals surface area contributed by atoms with Gasteiger partial charge < -0.3 is 10.6 Å². The molecular weight excluding hydrogens is 355 g/mol. The maximum Gasteiger partial charge on any atom is 0.202 e. The Balaban J connectivity index is 1.70. The SMILES string of the molecule is CN(c1cnc2c(-c3cccc(Cl)c3F)[nH]nc2n1)[C@H]1CCCC[C@H]1N. The molecule has 2 atom stereocenters. The Morgan fingerprint density at radius 2 is 2.12 bits per heavy atom. The third kappa shape index (κ3) is 2.91. The number of aromatic amines is 1. The minimum atomic E-state index is -0.504. The van der Waals surface area contributed by atoms with Gasteiger partial charge in [-0.2, -0.15) is 5.10 Å². The van der Waals surface area contributed by atoms with Crippen molar-refractivity contribution in [3.8, 4) is 11.3 Å². The highest BCUT2D eigenvalue weighted by molar-refractivity contribution is 6.31. The predicted molar refractivity (Wildman–Crippen MR) is 101 cm³/mol. The largest absolute Gasteiger partial charge is 0.354 e. The minimum absolute atomic E-state index is 0.0563. The van der Waals surface area contributed by atoms with Crippen LogP contribution in [0.2, 0.25) is 5.02 Å². The Hall–Kier alpha value is -2.25. The fourth-order valence-electron chi connectivity index (χ4n) is 3.63. The summed E-state index contributed by atoms with van der Waals surface area (Å²) in [6, 6.07) is 5.19. The maximum absolute atomic E-state index is 14.3. The molecule has 0 unspecified atom stereocenters. The molecule has 2 heterocycles. The first-order valence-corrected chi connectivity index (χ1v) is 9.08. The summed E-state index contributed by atoms with van der Waals surface area (Å²) in [4.78, 5) is 11.1. The number of halogens is 2. The van der Waals surface area contributed by atoms with E-state index in [0.717, 1.165) is 12.8 Å². The minimum Gasteiger partial charge on any atom is -0.354 e. The molecule has 0 aliphatic heterocycles. The van der Waals surface area contributed by atoms with E-state index in [9.17, 15) is 4.39 Å². The van der Waals surface area contributed by atoms with Crippen LogP contribution in [0.15, 0.2) is 24.4 Å². The molecule has 4 rings (SSSR count). The Kier molecular flexibility index (Phi) is 4.50. The number of aromatic nitrogens is 4. The topological polar surface area (TPSA) is 83.7 Å². The van der Waals surface area contributed by atoms with Gasteiger partial charge in [-0.15, -0.1) is 0 Å². The van der Waals surface area contributed by atoms with Gasteiger partial charge in [0.25, 0.3) is 0 Å². The zero-order chi connectivity index (χ0) is 18.3. The monoisotopic (exact) mass is 374 g/mol. The summed E-state index contributed by atoms with van der Waals surface area (Å²) in [5.74, 6) is 0.209. The highest BCUT2D eigenvalue weighted by Crippen LogP contribution is 2.31. The number of H-pyrrole nitrogens is 1. The van der Waals surface area contributed by atoms with Gasteiger partial charge in [-0.25, -0.2) is 14.4 Å². The first kappa shape index (κ1) is 17.2. The third-order valence-electron chi connectivity index (χ3n) is 5.11. The normalized spacial score (nSPS) is 20.5. The molecule has 0 saturated heterocycles. The van der Waals surface area contributed by atoms with Crippen LogP contribution < -0.4 is 10.6 Å². The quantitative estimate of drug-likeness (QED) is 0.732. The van der Waals surface area contributed by atoms with E-state index in [1.54, 1.807) is 18.3 Å². The van der Waals surface area contributed by atoms with E-state index in [4.69, 9.17) is 17.3 Å². The van der Waals surface area contributed by atoms with Crippen LogP contribution in [0.5, 0.6) is 0 Å². The number of hydrogen-bond acceptors (Lipinski definition) is 5. The Labute approximate surface area is 155 Å². The van der Waals surface area contributed by atoms with Crippen molar-refractivity contribution in [3.63, 3.8) is 0 Å². The Morgan fingerprint density at radius 1 is 1.31 bits per heavy atom. The summed E-state index contributed by atoms with van der Waals surface area (Å²) < 4.78 is 14.3. The molecule has 0 spiro atoms. The summed E-state index contributed by atoms with van der Waals surface area (Å²) >= 11 is 5.88. The molecule has 26 heavy (non-hydrogen) atoms. The molecular formula is C18H20ClFN6. The van der Waals surface area contributed by atoms with Crippen LogP contribution in [0.3, 0.4) is 0 Å². The lowest BCUT2D eigenvalue weighted by Gasteiger charge is -2.36. The van der Waals surface area contributed by atoms with Gasteiger partial charge in [-0.3, -0.25) is 5.10 Å².